The van der Waals surface area contributed by atoms with Crippen LogP contribution in [-0.4, -0.2) is 22.2 Å². The molecule has 0 heterocycles. The van der Waals surface area contributed by atoms with E-state index in [1.165, 1.54) is 12.1 Å². The van der Waals surface area contributed by atoms with Crippen LogP contribution < -0.4 is 5.73 Å². The van der Waals surface area contributed by atoms with Gasteiger partial charge in [-0.15, -0.1) is 0 Å². The van der Waals surface area contributed by atoms with Crippen molar-refractivity contribution in [3.05, 3.63) is 34.9 Å². The predicted octanol–water partition coefficient (Wildman–Crippen LogP) is 0.785. The molecule has 4 N–H and O–H groups in total. The van der Waals surface area contributed by atoms with E-state index in [1.807, 2.05) is 0 Å². The van der Waals surface area contributed by atoms with Crippen molar-refractivity contribution in [2.75, 3.05) is 0 Å². The number of carboxylic acid groups (broad SMARTS) is 1. The summed E-state index contributed by atoms with van der Waals surface area (Å²) in [4.78, 5) is 10.5. The van der Waals surface area contributed by atoms with Gasteiger partial charge in [0.05, 0.1) is 0 Å². The van der Waals surface area contributed by atoms with Crippen molar-refractivity contribution in [2.45, 2.75) is 12.1 Å². The number of rotatable bonds is 3. The summed E-state index contributed by atoms with van der Waals surface area (Å²) >= 11 is 5.63. The van der Waals surface area contributed by atoms with Gasteiger partial charge in [0, 0.05) is 5.02 Å². The van der Waals surface area contributed by atoms with E-state index in [9.17, 15) is 9.90 Å². The lowest BCUT2D eigenvalue weighted by Gasteiger charge is -2.14. The summed E-state index contributed by atoms with van der Waals surface area (Å²) in [5.41, 5.74) is 5.68. The summed E-state index contributed by atoms with van der Waals surface area (Å²) < 4.78 is 0. The van der Waals surface area contributed by atoms with Gasteiger partial charge < -0.3 is 15.9 Å². The number of carbonyl (C=O) groups is 1. The second-order valence-corrected chi connectivity index (χ2v) is 3.30. The van der Waals surface area contributed by atoms with E-state index >= 15 is 0 Å². The van der Waals surface area contributed by atoms with E-state index < -0.39 is 18.1 Å². The minimum absolute atomic E-state index is 0.435. The molecule has 4 nitrogen and oxygen atoms in total. The molecule has 0 aliphatic rings. The fourth-order valence-electron chi connectivity index (χ4n) is 1.00. The average molecular weight is 216 g/mol. The molecule has 0 saturated heterocycles. The summed E-state index contributed by atoms with van der Waals surface area (Å²) in [5, 5.41) is 18.6. The third-order valence-corrected chi connectivity index (χ3v) is 2.09. The molecule has 2 atom stereocenters. The topological polar surface area (TPSA) is 83.6 Å². The summed E-state index contributed by atoms with van der Waals surface area (Å²) in [6.45, 7) is 0. The summed E-state index contributed by atoms with van der Waals surface area (Å²) in [6.07, 6.45) is -1.22. The zero-order chi connectivity index (χ0) is 10.7. The van der Waals surface area contributed by atoms with Crippen LogP contribution in [0.25, 0.3) is 0 Å². The number of hydrogen-bond acceptors (Lipinski definition) is 3. The quantitative estimate of drug-likeness (QED) is 0.696. The van der Waals surface area contributed by atoms with Gasteiger partial charge in [-0.1, -0.05) is 23.7 Å². The molecule has 0 radical (unpaired) electrons. The van der Waals surface area contributed by atoms with Crippen LogP contribution >= 0.6 is 11.6 Å². The normalized spacial score (nSPS) is 14.8. The highest BCUT2D eigenvalue weighted by Crippen LogP contribution is 2.18. The van der Waals surface area contributed by atoms with Gasteiger partial charge >= 0.3 is 5.97 Å². The molecule has 0 bridgehead atoms. The number of halogens is 1. The SMILES string of the molecule is N[C@H](C(=O)O)C(O)c1ccc(Cl)cc1. The van der Waals surface area contributed by atoms with Gasteiger partial charge in [0.2, 0.25) is 0 Å². The number of aliphatic carboxylic acids is 1. The van der Waals surface area contributed by atoms with Crippen LogP contribution in [0.2, 0.25) is 5.02 Å². The first kappa shape index (κ1) is 11.0. The molecule has 0 saturated carbocycles. The lowest BCUT2D eigenvalue weighted by atomic mass is 10.0. The molecule has 1 unspecified atom stereocenters. The van der Waals surface area contributed by atoms with Gasteiger partial charge in [0.1, 0.15) is 12.1 Å². The average Bonchev–Trinajstić information content (AvgIpc) is 2.16. The van der Waals surface area contributed by atoms with E-state index in [-0.39, 0.29) is 0 Å². The maximum Gasteiger partial charge on any atom is 0.323 e. The molecule has 14 heavy (non-hydrogen) atoms. The van der Waals surface area contributed by atoms with Crippen LogP contribution in [-0.2, 0) is 4.79 Å². The van der Waals surface area contributed by atoms with Crippen LogP contribution in [0.15, 0.2) is 24.3 Å². The number of aliphatic hydroxyl groups is 1. The van der Waals surface area contributed by atoms with Gasteiger partial charge in [0.25, 0.3) is 0 Å². The molecule has 0 aliphatic carbocycles. The Morgan fingerprint density at radius 2 is 1.86 bits per heavy atom. The highest BCUT2D eigenvalue weighted by Gasteiger charge is 2.23. The Morgan fingerprint density at radius 1 is 1.36 bits per heavy atom. The largest absolute Gasteiger partial charge is 0.480 e. The number of benzene rings is 1. The summed E-state index contributed by atoms with van der Waals surface area (Å²) in [6, 6.07) is 4.88. The molecule has 1 rings (SSSR count). The first-order valence-electron chi connectivity index (χ1n) is 3.94. The van der Waals surface area contributed by atoms with Crippen LogP contribution in [0.1, 0.15) is 11.7 Å². The zero-order valence-electron chi connectivity index (χ0n) is 7.22. The van der Waals surface area contributed by atoms with Crippen molar-refractivity contribution in [1.82, 2.24) is 0 Å². The predicted molar refractivity (Wildman–Crippen MR) is 52.0 cm³/mol. The molecule has 0 aromatic heterocycles. The van der Waals surface area contributed by atoms with Crippen molar-refractivity contribution in [3.8, 4) is 0 Å². The molecule has 76 valence electrons. The first-order valence-corrected chi connectivity index (χ1v) is 4.32. The first-order chi connectivity index (χ1) is 6.52. The Labute approximate surface area is 85.9 Å². The smallest absolute Gasteiger partial charge is 0.323 e. The van der Waals surface area contributed by atoms with Crippen LogP contribution in [0, 0.1) is 0 Å². The van der Waals surface area contributed by atoms with Crippen molar-refractivity contribution < 1.29 is 15.0 Å². The van der Waals surface area contributed by atoms with Crippen molar-refractivity contribution >= 4 is 17.6 Å². The molecule has 0 amide bonds. The molecule has 0 fully saturated rings. The van der Waals surface area contributed by atoms with Gasteiger partial charge in [-0.25, -0.2) is 0 Å². The van der Waals surface area contributed by atoms with Crippen LogP contribution in [0.3, 0.4) is 0 Å². The highest BCUT2D eigenvalue weighted by atomic mass is 35.5. The monoisotopic (exact) mass is 215 g/mol. The van der Waals surface area contributed by atoms with Gasteiger partial charge in [-0.3, -0.25) is 4.79 Å². The van der Waals surface area contributed by atoms with Crippen molar-refractivity contribution in [1.29, 1.82) is 0 Å². The second-order valence-electron chi connectivity index (χ2n) is 2.86. The highest BCUT2D eigenvalue weighted by molar-refractivity contribution is 6.30. The fourth-order valence-corrected chi connectivity index (χ4v) is 1.13. The van der Waals surface area contributed by atoms with Crippen molar-refractivity contribution in [3.63, 3.8) is 0 Å². The molecule has 0 aliphatic heterocycles. The maximum absolute atomic E-state index is 10.5. The van der Waals surface area contributed by atoms with E-state index in [0.29, 0.717) is 10.6 Å². The summed E-state index contributed by atoms with van der Waals surface area (Å²) in [7, 11) is 0. The Morgan fingerprint density at radius 3 is 2.29 bits per heavy atom. The van der Waals surface area contributed by atoms with E-state index in [2.05, 4.69) is 0 Å². The Hall–Kier alpha value is -1.10. The van der Waals surface area contributed by atoms with Gasteiger partial charge in [-0.2, -0.15) is 0 Å². The van der Waals surface area contributed by atoms with E-state index in [4.69, 9.17) is 22.4 Å². The second kappa shape index (κ2) is 4.41. The molecule has 1 aromatic carbocycles. The lowest BCUT2D eigenvalue weighted by Crippen LogP contribution is -2.36. The third-order valence-electron chi connectivity index (χ3n) is 1.84. The minimum atomic E-state index is -1.32. The number of carboxylic acids is 1. The molecular weight excluding hydrogens is 206 g/mol. The standard InChI is InChI=1S/C9H10ClNO3/c10-6-3-1-5(2-4-6)8(12)7(11)9(13)14/h1-4,7-8,12H,11H2,(H,13,14)/t7-,8?/m0/s1. The Kier molecular flexibility index (Phi) is 3.46. The van der Waals surface area contributed by atoms with Gasteiger partial charge in [0.15, 0.2) is 0 Å². The summed E-state index contributed by atoms with van der Waals surface area (Å²) in [5.74, 6) is -1.24. The molecule has 5 heteroatoms. The van der Waals surface area contributed by atoms with Crippen LogP contribution in [0.5, 0.6) is 0 Å². The molecule has 1 aromatic rings. The zero-order valence-corrected chi connectivity index (χ0v) is 7.98. The third kappa shape index (κ3) is 2.45. The number of hydrogen-bond donors (Lipinski definition) is 3. The maximum atomic E-state index is 10.5. The lowest BCUT2D eigenvalue weighted by molar-refractivity contribution is -0.141. The number of nitrogens with two attached hydrogens (primary N) is 1. The van der Waals surface area contributed by atoms with E-state index in [1.54, 1.807) is 12.1 Å². The van der Waals surface area contributed by atoms with Crippen molar-refractivity contribution in [2.24, 2.45) is 5.73 Å². The van der Waals surface area contributed by atoms with E-state index in [0.717, 1.165) is 0 Å². The van der Waals surface area contributed by atoms with Gasteiger partial charge in [-0.05, 0) is 17.7 Å². The van der Waals surface area contributed by atoms with Crippen LogP contribution in [0.4, 0.5) is 0 Å². The molecular formula is C9H10ClNO3. The molecule has 0 spiro atoms. The Balaban J connectivity index is 2.84. The minimum Gasteiger partial charge on any atom is -0.480 e. The number of aliphatic hydroxyl groups excluding tert-OH is 1. The fraction of sp³-hybridized carbons (Fsp3) is 0.222. The Bertz CT molecular complexity index is 325.